The van der Waals surface area contributed by atoms with E-state index in [1.807, 2.05) is 6.07 Å². The molecule has 1 heterocycles. The monoisotopic (exact) mass is 261 g/mol. The van der Waals surface area contributed by atoms with Gasteiger partial charge in [-0.3, -0.25) is 19.8 Å². The molecule has 5 nitrogen and oxygen atoms in total. The van der Waals surface area contributed by atoms with Crippen LogP contribution in [0.5, 0.6) is 0 Å². The lowest BCUT2D eigenvalue weighted by molar-refractivity contribution is -0.149. The number of rotatable bonds is 2. The van der Waals surface area contributed by atoms with Gasteiger partial charge < -0.3 is 0 Å². The highest BCUT2D eigenvalue weighted by Crippen LogP contribution is 2.15. The second-order valence-electron chi connectivity index (χ2n) is 4.33. The van der Waals surface area contributed by atoms with E-state index in [2.05, 4.69) is 5.32 Å². The molecule has 1 unspecified atom stereocenters. The van der Waals surface area contributed by atoms with Crippen LogP contribution in [0.3, 0.4) is 0 Å². The zero-order valence-corrected chi connectivity index (χ0v) is 10.3. The van der Waals surface area contributed by atoms with Crippen LogP contribution in [0, 0.1) is 17.1 Å². The summed E-state index contributed by atoms with van der Waals surface area (Å²) in [5, 5.41) is 11.7. The van der Waals surface area contributed by atoms with E-state index < -0.39 is 11.9 Å². The Hall–Kier alpha value is -2.26. The van der Waals surface area contributed by atoms with E-state index in [1.54, 1.807) is 6.92 Å². The van der Waals surface area contributed by atoms with E-state index in [4.69, 9.17) is 5.26 Å². The molecule has 98 valence electrons. The molecule has 0 radical (unpaired) electrons. The lowest BCUT2D eigenvalue weighted by atomic mass is 10.1. The quantitative estimate of drug-likeness (QED) is 0.789. The van der Waals surface area contributed by atoms with Crippen molar-refractivity contribution in [2.24, 2.45) is 0 Å². The molecule has 1 atom stereocenters. The lowest BCUT2D eigenvalue weighted by Gasteiger charge is -2.29. The van der Waals surface area contributed by atoms with Crippen LogP contribution in [0.15, 0.2) is 18.2 Å². The Bertz CT molecular complexity index is 580. The molecule has 0 saturated carbocycles. The molecule has 1 fully saturated rings. The van der Waals surface area contributed by atoms with Crippen molar-refractivity contribution in [1.29, 1.82) is 5.26 Å². The summed E-state index contributed by atoms with van der Waals surface area (Å²) in [5.41, 5.74) is 0.589. The van der Waals surface area contributed by atoms with Crippen LogP contribution in [0.25, 0.3) is 0 Å². The SMILES string of the molecule is CC1NCC(=O)N(Cc2cc(F)ccc2C#N)C1=O. The average molecular weight is 261 g/mol. The van der Waals surface area contributed by atoms with Gasteiger partial charge >= 0.3 is 0 Å². The van der Waals surface area contributed by atoms with Gasteiger partial charge in [0.25, 0.3) is 0 Å². The fraction of sp³-hybridized carbons (Fsp3) is 0.308. The van der Waals surface area contributed by atoms with Gasteiger partial charge in [-0.2, -0.15) is 5.26 Å². The summed E-state index contributed by atoms with van der Waals surface area (Å²) in [6.07, 6.45) is 0. The Morgan fingerprint density at radius 3 is 2.95 bits per heavy atom. The van der Waals surface area contributed by atoms with Gasteiger partial charge in [-0.25, -0.2) is 4.39 Å². The van der Waals surface area contributed by atoms with E-state index >= 15 is 0 Å². The molecule has 1 saturated heterocycles. The van der Waals surface area contributed by atoms with E-state index in [1.165, 1.54) is 18.2 Å². The van der Waals surface area contributed by atoms with Crippen molar-refractivity contribution >= 4 is 11.8 Å². The zero-order valence-electron chi connectivity index (χ0n) is 10.3. The highest BCUT2D eigenvalue weighted by Gasteiger charge is 2.31. The third kappa shape index (κ3) is 2.61. The second-order valence-corrected chi connectivity index (χ2v) is 4.33. The zero-order chi connectivity index (χ0) is 14.0. The molecule has 2 amide bonds. The van der Waals surface area contributed by atoms with E-state index in [-0.39, 0.29) is 30.5 Å². The molecular formula is C13H12FN3O2. The highest BCUT2D eigenvalue weighted by molar-refractivity contribution is 6.00. The summed E-state index contributed by atoms with van der Waals surface area (Å²) in [6, 6.07) is 5.14. The van der Waals surface area contributed by atoms with Gasteiger partial charge in [0.1, 0.15) is 5.82 Å². The van der Waals surface area contributed by atoms with Crippen molar-refractivity contribution in [3.63, 3.8) is 0 Å². The molecule has 1 N–H and O–H groups in total. The van der Waals surface area contributed by atoms with Gasteiger partial charge in [-0.05, 0) is 30.7 Å². The number of halogens is 1. The summed E-state index contributed by atoms with van der Waals surface area (Å²) in [6.45, 7) is 1.63. The van der Waals surface area contributed by atoms with Gasteiger partial charge in [0.15, 0.2) is 0 Å². The van der Waals surface area contributed by atoms with Crippen molar-refractivity contribution in [1.82, 2.24) is 10.2 Å². The van der Waals surface area contributed by atoms with Crippen LogP contribution >= 0.6 is 0 Å². The topological polar surface area (TPSA) is 73.2 Å². The minimum atomic E-state index is -0.503. The maximum atomic E-state index is 13.2. The van der Waals surface area contributed by atoms with Crippen LogP contribution in [-0.4, -0.2) is 29.3 Å². The predicted octanol–water partition coefficient (Wildman–Crippen LogP) is 0.544. The number of hydrogen-bond donors (Lipinski definition) is 1. The first kappa shape index (κ1) is 13.2. The van der Waals surface area contributed by atoms with E-state index in [0.717, 1.165) is 4.90 Å². The Kier molecular flexibility index (Phi) is 3.58. The minimum Gasteiger partial charge on any atom is -0.298 e. The van der Waals surface area contributed by atoms with Crippen molar-refractivity contribution in [3.8, 4) is 6.07 Å². The summed E-state index contributed by atoms with van der Waals surface area (Å²) >= 11 is 0. The molecule has 1 aliphatic heterocycles. The molecule has 1 aliphatic rings. The number of piperazine rings is 1. The first-order valence-corrected chi connectivity index (χ1v) is 5.79. The molecule has 0 aromatic heterocycles. The maximum absolute atomic E-state index is 13.2. The molecule has 1 aromatic carbocycles. The summed E-state index contributed by atoms with van der Waals surface area (Å²) in [7, 11) is 0. The predicted molar refractivity (Wildman–Crippen MR) is 64.1 cm³/mol. The van der Waals surface area contributed by atoms with Gasteiger partial charge in [0.05, 0.1) is 30.8 Å². The number of amides is 2. The van der Waals surface area contributed by atoms with Crippen LogP contribution in [-0.2, 0) is 16.1 Å². The van der Waals surface area contributed by atoms with Gasteiger partial charge in [-0.1, -0.05) is 0 Å². The van der Waals surface area contributed by atoms with E-state index in [9.17, 15) is 14.0 Å². The number of hydrogen-bond acceptors (Lipinski definition) is 4. The first-order valence-electron chi connectivity index (χ1n) is 5.79. The number of carbonyl (C=O) groups is 2. The largest absolute Gasteiger partial charge is 0.298 e. The van der Waals surface area contributed by atoms with Crippen molar-refractivity contribution in [2.75, 3.05) is 6.54 Å². The number of nitriles is 1. The molecule has 1 aromatic rings. The normalized spacial score (nSPS) is 19.4. The molecule has 2 rings (SSSR count). The average Bonchev–Trinajstić information content (AvgIpc) is 2.39. The van der Waals surface area contributed by atoms with Crippen LogP contribution in [0.2, 0.25) is 0 Å². The fourth-order valence-corrected chi connectivity index (χ4v) is 1.92. The Balaban J connectivity index is 2.30. The second kappa shape index (κ2) is 5.16. The lowest BCUT2D eigenvalue weighted by Crippen LogP contribution is -2.56. The third-order valence-corrected chi connectivity index (χ3v) is 3.01. The number of carbonyl (C=O) groups excluding carboxylic acids is 2. The maximum Gasteiger partial charge on any atom is 0.246 e. The Morgan fingerprint density at radius 2 is 2.26 bits per heavy atom. The molecule has 19 heavy (non-hydrogen) atoms. The summed E-state index contributed by atoms with van der Waals surface area (Å²) < 4.78 is 13.2. The van der Waals surface area contributed by atoms with Crippen molar-refractivity contribution < 1.29 is 14.0 Å². The highest BCUT2D eigenvalue weighted by atomic mass is 19.1. The van der Waals surface area contributed by atoms with Gasteiger partial charge in [0.2, 0.25) is 11.8 Å². The summed E-state index contributed by atoms with van der Waals surface area (Å²) in [4.78, 5) is 24.6. The smallest absolute Gasteiger partial charge is 0.246 e. The van der Waals surface area contributed by atoms with Crippen LogP contribution in [0.1, 0.15) is 18.1 Å². The molecule has 0 bridgehead atoms. The Morgan fingerprint density at radius 1 is 1.53 bits per heavy atom. The molecular weight excluding hydrogens is 249 g/mol. The molecule has 6 heteroatoms. The van der Waals surface area contributed by atoms with Crippen LogP contribution < -0.4 is 5.32 Å². The summed E-state index contributed by atoms with van der Waals surface area (Å²) in [5.74, 6) is -1.25. The van der Waals surface area contributed by atoms with Gasteiger partial charge in [0, 0.05) is 0 Å². The standard InChI is InChI=1S/C13H12FN3O2/c1-8-13(19)17(12(18)6-16-8)7-10-4-11(14)3-2-9(10)5-15/h2-4,8,16H,6-7H2,1H3. The van der Waals surface area contributed by atoms with Crippen molar-refractivity contribution in [2.45, 2.75) is 19.5 Å². The number of nitrogens with zero attached hydrogens (tertiary/aromatic N) is 2. The minimum absolute atomic E-state index is 0.0596. The van der Waals surface area contributed by atoms with Crippen molar-refractivity contribution in [3.05, 3.63) is 35.1 Å². The number of nitrogens with one attached hydrogen (secondary N) is 1. The number of benzene rings is 1. The van der Waals surface area contributed by atoms with E-state index in [0.29, 0.717) is 5.56 Å². The Labute approximate surface area is 109 Å². The fourth-order valence-electron chi connectivity index (χ4n) is 1.92. The first-order chi connectivity index (χ1) is 9.02. The number of imide groups is 1. The van der Waals surface area contributed by atoms with Crippen LogP contribution in [0.4, 0.5) is 4.39 Å². The molecule has 0 spiro atoms. The van der Waals surface area contributed by atoms with Gasteiger partial charge in [-0.15, -0.1) is 0 Å². The molecule has 0 aliphatic carbocycles. The third-order valence-electron chi connectivity index (χ3n) is 3.01.